The van der Waals surface area contributed by atoms with E-state index in [9.17, 15) is 18.0 Å². The fourth-order valence-electron chi connectivity index (χ4n) is 1.98. The highest BCUT2D eigenvalue weighted by Crippen LogP contribution is 2.11. The molecule has 1 heterocycles. The van der Waals surface area contributed by atoms with Gasteiger partial charge in [-0.2, -0.15) is 0 Å². The topological polar surface area (TPSA) is 89.5 Å². The number of sulfone groups is 1. The van der Waals surface area contributed by atoms with Crippen LogP contribution in [0.4, 0.5) is 0 Å². The molecule has 0 radical (unpaired) electrons. The average Bonchev–Trinajstić information content (AvgIpc) is 2.76. The van der Waals surface area contributed by atoms with Gasteiger partial charge in [0.1, 0.15) is 0 Å². The Labute approximate surface area is 136 Å². The summed E-state index contributed by atoms with van der Waals surface area (Å²) in [7, 11) is -3.04. The summed E-state index contributed by atoms with van der Waals surface area (Å²) in [5.74, 6) is -1.04. The molecule has 1 fully saturated rings. The van der Waals surface area contributed by atoms with E-state index < -0.39 is 28.3 Å². The zero-order valence-corrected chi connectivity index (χ0v) is 14.0. The Balaban J connectivity index is 1.79. The number of esters is 1. The Morgan fingerprint density at radius 1 is 1.29 bits per heavy atom. The Kier molecular flexibility index (Phi) is 5.20. The number of amides is 1. The van der Waals surface area contributed by atoms with Gasteiger partial charge in [-0.25, -0.2) is 13.2 Å². The van der Waals surface area contributed by atoms with Crippen LogP contribution in [0.3, 0.4) is 0 Å². The largest absolute Gasteiger partial charge is 0.452 e. The summed E-state index contributed by atoms with van der Waals surface area (Å²) in [6.07, 6.45) is 0.402. The first-order valence-corrected chi connectivity index (χ1v) is 9.18. The van der Waals surface area contributed by atoms with Gasteiger partial charge in [-0.15, -0.1) is 0 Å². The molecule has 0 aromatic heterocycles. The monoisotopic (exact) mass is 423 g/mol. The van der Waals surface area contributed by atoms with Gasteiger partial charge in [0, 0.05) is 9.61 Å². The maximum atomic E-state index is 11.7. The van der Waals surface area contributed by atoms with Gasteiger partial charge in [-0.1, -0.05) is 0 Å². The van der Waals surface area contributed by atoms with Crippen LogP contribution in [0.25, 0.3) is 0 Å². The molecule has 0 spiro atoms. The Morgan fingerprint density at radius 2 is 1.95 bits per heavy atom. The molecule has 0 bridgehead atoms. The van der Waals surface area contributed by atoms with Crippen molar-refractivity contribution in [2.45, 2.75) is 12.5 Å². The number of nitrogens with one attached hydrogen (secondary N) is 1. The minimum Gasteiger partial charge on any atom is -0.452 e. The minimum absolute atomic E-state index is 0.0518. The van der Waals surface area contributed by atoms with E-state index >= 15 is 0 Å². The van der Waals surface area contributed by atoms with E-state index in [1.54, 1.807) is 24.3 Å². The third kappa shape index (κ3) is 4.95. The molecule has 0 unspecified atom stereocenters. The normalized spacial score (nSPS) is 20.0. The van der Waals surface area contributed by atoms with Crippen LogP contribution in [0.15, 0.2) is 24.3 Å². The Hall–Kier alpha value is -1.16. The van der Waals surface area contributed by atoms with Crippen LogP contribution >= 0.6 is 22.6 Å². The molecule has 2 rings (SSSR count). The fourth-order valence-corrected chi connectivity index (χ4v) is 4.01. The molecular formula is C13H14INO5S. The lowest BCUT2D eigenvalue weighted by Gasteiger charge is -2.11. The maximum Gasteiger partial charge on any atom is 0.338 e. The molecule has 8 heteroatoms. The second-order valence-electron chi connectivity index (χ2n) is 4.75. The van der Waals surface area contributed by atoms with Gasteiger partial charge < -0.3 is 10.1 Å². The van der Waals surface area contributed by atoms with E-state index in [-0.39, 0.29) is 17.5 Å². The van der Waals surface area contributed by atoms with Crippen LogP contribution in [0, 0.1) is 3.57 Å². The molecule has 1 aromatic rings. The van der Waals surface area contributed by atoms with E-state index in [2.05, 4.69) is 27.9 Å². The van der Waals surface area contributed by atoms with Crippen LogP contribution in [-0.4, -0.2) is 44.4 Å². The summed E-state index contributed by atoms with van der Waals surface area (Å²) in [5, 5.41) is 2.55. The van der Waals surface area contributed by atoms with Crippen molar-refractivity contribution in [2.24, 2.45) is 0 Å². The lowest BCUT2D eigenvalue weighted by molar-refractivity contribution is -0.124. The molecular weight excluding hydrogens is 409 g/mol. The van der Waals surface area contributed by atoms with Crippen LogP contribution in [-0.2, 0) is 19.4 Å². The van der Waals surface area contributed by atoms with Gasteiger partial charge in [0.15, 0.2) is 16.4 Å². The third-order valence-electron chi connectivity index (χ3n) is 3.01. The highest BCUT2D eigenvalue weighted by atomic mass is 127. The predicted molar refractivity (Wildman–Crippen MR) is 84.6 cm³/mol. The summed E-state index contributed by atoms with van der Waals surface area (Å²) in [6.45, 7) is -0.415. The van der Waals surface area contributed by atoms with Gasteiger partial charge in [0.25, 0.3) is 5.91 Å². The van der Waals surface area contributed by atoms with Gasteiger partial charge >= 0.3 is 5.97 Å². The van der Waals surface area contributed by atoms with E-state index in [0.717, 1.165) is 3.57 Å². The van der Waals surface area contributed by atoms with Crippen LogP contribution < -0.4 is 5.32 Å². The van der Waals surface area contributed by atoms with Crippen molar-refractivity contribution in [1.29, 1.82) is 0 Å². The average molecular weight is 423 g/mol. The highest BCUT2D eigenvalue weighted by Gasteiger charge is 2.29. The predicted octanol–water partition coefficient (Wildman–Crippen LogP) is 0.751. The molecule has 114 valence electrons. The second-order valence-corrected chi connectivity index (χ2v) is 8.22. The Morgan fingerprint density at radius 3 is 2.52 bits per heavy atom. The van der Waals surface area contributed by atoms with Crippen molar-refractivity contribution in [3.8, 4) is 0 Å². The fraction of sp³-hybridized carbons (Fsp3) is 0.385. The zero-order chi connectivity index (χ0) is 15.5. The van der Waals surface area contributed by atoms with Gasteiger partial charge in [-0.3, -0.25) is 4.79 Å². The number of ether oxygens (including phenoxy) is 1. The highest BCUT2D eigenvalue weighted by molar-refractivity contribution is 14.1. The number of carbonyl (C=O) groups excluding carboxylic acids is 2. The van der Waals surface area contributed by atoms with Gasteiger partial charge in [-0.05, 0) is 53.3 Å². The molecule has 1 atom stereocenters. The third-order valence-corrected chi connectivity index (χ3v) is 5.50. The molecule has 1 saturated heterocycles. The molecule has 1 aliphatic heterocycles. The molecule has 0 saturated carbocycles. The lowest BCUT2D eigenvalue weighted by atomic mass is 10.2. The summed E-state index contributed by atoms with van der Waals surface area (Å²) >= 11 is 2.12. The number of hydrogen-bond donors (Lipinski definition) is 1. The lowest BCUT2D eigenvalue weighted by Crippen LogP contribution is -2.38. The zero-order valence-electron chi connectivity index (χ0n) is 11.0. The van der Waals surface area contributed by atoms with E-state index in [0.29, 0.717) is 12.0 Å². The summed E-state index contributed by atoms with van der Waals surface area (Å²) in [6, 6.07) is 6.37. The number of benzene rings is 1. The van der Waals surface area contributed by atoms with Crippen molar-refractivity contribution in [3.05, 3.63) is 33.4 Å². The number of halogens is 1. The second kappa shape index (κ2) is 6.73. The first-order valence-electron chi connectivity index (χ1n) is 6.28. The Bertz CT molecular complexity index is 641. The first-order chi connectivity index (χ1) is 9.85. The number of hydrogen-bond acceptors (Lipinski definition) is 5. The van der Waals surface area contributed by atoms with Crippen molar-refractivity contribution in [3.63, 3.8) is 0 Å². The molecule has 1 N–H and O–H groups in total. The van der Waals surface area contributed by atoms with Crippen molar-refractivity contribution in [2.75, 3.05) is 18.1 Å². The molecule has 1 aromatic carbocycles. The van der Waals surface area contributed by atoms with Crippen LogP contribution in [0.2, 0.25) is 0 Å². The smallest absolute Gasteiger partial charge is 0.338 e. The van der Waals surface area contributed by atoms with Crippen molar-refractivity contribution >= 4 is 44.3 Å². The summed E-state index contributed by atoms with van der Waals surface area (Å²) in [4.78, 5) is 23.3. The SMILES string of the molecule is O=C(COC(=O)c1ccc(I)cc1)N[C@@H]1CCS(=O)(=O)C1. The van der Waals surface area contributed by atoms with E-state index in [1.807, 2.05) is 0 Å². The van der Waals surface area contributed by atoms with E-state index in [4.69, 9.17) is 4.74 Å². The molecule has 1 aliphatic rings. The number of rotatable bonds is 4. The standard InChI is InChI=1S/C13H14INO5S/c14-10-3-1-9(2-4-10)13(17)20-7-12(16)15-11-5-6-21(18,19)8-11/h1-4,11H,5-8H2,(H,15,16)/t11-/m1/s1. The molecule has 6 nitrogen and oxygen atoms in total. The molecule has 21 heavy (non-hydrogen) atoms. The van der Waals surface area contributed by atoms with E-state index in [1.165, 1.54) is 0 Å². The van der Waals surface area contributed by atoms with Crippen LogP contribution in [0.1, 0.15) is 16.8 Å². The van der Waals surface area contributed by atoms with Gasteiger partial charge in [0.2, 0.25) is 0 Å². The molecule has 0 aliphatic carbocycles. The summed E-state index contributed by atoms with van der Waals surface area (Å²) < 4.78 is 28.4. The number of carbonyl (C=O) groups is 2. The quantitative estimate of drug-likeness (QED) is 0.571. The first kappa shape index (κ1) is 16.2. The molecule has 1 amide bonds. The van der Waals surface area contributed by atoms with Crippen molar-refractivity contribution < 1.29 is 22.7 Å². The summed E-state index contributed by atoms with van der Waals surface area (Å²) in [5.41, 5.74) is 0.367. The van der Waals surface area contributed by atoms with Crippen molar-refractivity contribution in [1.82, 2.24) is 5.32 Å². The van der Waals surface area contributed by atoms with Crippen LogP contribution in [0.5, 0.6) is 0 Å². The minimum atomic E-state index is -3.04. The van der Waals surface area contributed by atoms with Gasteiger partial charge in [0.05, 0.1) is 17.1 Å². The maximum absolute atomic E-state index is 11.7.